The summed E-state index contributed by atoms with van der Waals surface area (Å²) >= 11 is 0. The number of oxime groups is 1. The molecule has 0 bridgehead atoms. The third-order valence-corrected chi connectivity index (χ3v) is 3.85. The van der Waals surface area contributed by atoms with Crippen molar-refractivity contribution in [2.45, 2.75) is 0 Å². The zero-order valence-electron chi connectivity index (χ0n) is 14.8. The Balaban J connectivity index is 1.90. The second-order valence-corrected chi connectivity index (χ2v) is 5.59. The lowest BCUT2D eigenvalue weighted by molar-refractivity contribution is -0.384. The van der Waals surface area contributed by atoms with Crippen molar-refractivity contribution in [1.29, 1.82) is 0 Å². The van der Waals surface area contributed by atoms with E-state index in [9.17, 15) is 14.9 Å². The van der Waals surface area contributed by atoms with E-state index in [-0.39, 0.29) is 5.69 Å². The van der Waals surface area contributed by atoms with E-state index in [1.54, 1.807) is 60.9 Å². The molecule has 28 heavy (non-hydrogen) atoms. The van der Waals surface area contributed by atoms with E-state index in [1.807, 2.05) is 0 Å². The van der Waals surface area contributed by atoms with E-state index in [4.69, 9.17) is 9.57 Å². The molecule has 0 unspecified atom stereocenters. The Morgan fingerprint density at radius 1 is 0.929 bits per heavy atom. The van der Waals surface area contributed by atoms with Gasteiger partial charge in [-0.05, 0) is 48.5 Å². The highest BCUT2D eigenvalue weighted by Crippen LogP contribution is 2.17. The second kappa shape index (κ2) is 8.54. The van der Waals surface area contributed by atoms with Crippen LogP contribution in [0, 0.1) is 10.1 Å². The van der Waals surface area contributed by atoms with Gasteiger partial charge in [0.15, 0.2) is 0 Å². The highest BCUT2D eigenvalue weighted by Gasteiger charge is 2.13. The highest BCUT2D eigenvalue weighted by atomic mass is 16.7. The summed E-state index contributed by atoms with van der Waals surface area (Å²) in [7, 11) is 1.53. The largest absolute Gasteiger partial charge is 0.497 e. The van der Waals surface area contributed by atoms with E-state index in [2.05, 4.69) is 10.1 Å². The zero-order chi connectivity index (χ0) is 19.9. The predicted octanol–water partition coefficient (Wildman–Crippen LogP) is 3.61. The van der Waals surface area contributed by atoms with Gasteiger partial charge in [-0.2, -0.15) is 0 Å². The van der Waals surface area contributed by atoms with Gasteiger partial charge in [0.1, 0.15) is 11.5 Å². The average Bonchev–Trinajstić information content (AvgIpc) is 2.75. The maximum Gasteiger partial charge on any atom is 0.365 e. The molecule has 3 rings (SSSR count). The Kier molecular flexibility index (Phi) is 5.71. The summed E-state index contributed by atoms with van der Waals surface area (Å²) in [5.74, 6) is -0.0282. The fourth-order valence-electron chi connectivity index (χ4n) is 2.39. The number of nitrogens with zero attached hydrogens (tertiary/aromatic N) is 3. The summed E-state index contributed by atoms with van der Waals surface area (Å²) in [6, 6.07) is 15.6. The summed E-state index contributed by atoms with van der Waals surface area (Å²) in [4.78, 5) is 31.7. The van der Waals surface area contributed by atoms with Crippen molar-refractivity contribution in [3.05, 3.63) is 99.9 Å². The topological polar surface area (TPSA) is 104 Å². The molecule has 0 aliphatic heterocycles. The van der Waals surface area contributed by atoms with Crippen LogP contribution < -0.4 is 4.74 Å². The van der Waals surface area contributed by atoms with Gasteiger partial charge in [0.05, 0.1) is 17.6 Å². The van der Waals surface area contributed by atoms with E-state index < -0.39 is 10.9 Å². The summed E-state index contributed by atoms with van der Waals surface area (Å²) < 4.78 is 5.06. The number of ether oxygens (including phenoxy) is 1. The normalized spacial score (nSPS) is 11.0. The molecule has 0 saturated carbocycles. The molecule has 140 valence electrons. The molecule has 0 spiro atoms. The van der Waals surface area contributed by atoms with Crippen molar-refractivity contribution in [3.63, 3.8) is 0 Å². The number of rotatable bonds is 6. The molecule has 0 amide bonds. The minimum Gasteiger partial charge on any atom is -0.497 e. The fraction of sp³-hybridized carbons (Fsp3) is 0.0500. The van der Waals surface area contributed by atoms with Crippen molar-refractivity contribution in [2.24, 2.45) is 5.16 Å². The first-order valence-electron chi connectivity index (χ1n) is 8.17. The maximum atomic E-state index is 12.3. The van der Waals surface area contributed by atoms with Gasteiger partial charge < -0.3 is 9.57 Å². The quantitative estimate of drug-likeness (QED) is 0.281. The molecule has 0 saturated heterocycles. The van der Waals surface area contributed by atoms with Gasteiger partial charge >= 0.3 is 5.97 Å². The number of hydrogen-bond acceptors (Lipinski definition) is 7. The number of methoxy groups -OCH3 is 1. The van der Waals surface area contributed by atoms with E-state index >= 15 is 0 Å². The first-order valence-corrected chi connectivity index (χ1v) is 8.17. The van der Waals surface area contributed by atoms with Gasteiger partial charge in [0.25, 0.3) is 5.69 Å². The number of nitro benzene ring substituents is 1. The molecule has 0 aliphatic rings. The number of hydrogen-bond donors (Lipinski definition) is 0. The summed E-state index contributed by atoms with van der Waals surface area (Å²) in [6.07, 6.45) is 3.14. The van der Waals surface area contributed by atoms with Crippen LogP contribution in [0.2, 0.25) is 0 Å². The SMILES string of the molecule is COc1ccc(C(=O)O/N=C(\c2ccncc2)c2ccc([N+](=O)[O-])cc2)cc1. The van der Waals surface area contributed by atoms with Crippen molar-refractivity contribution in [2.75, 3.05) is 7.11 Å². The van der Waals surface area contributed by atoms with Crippen LogP contribution in [0.3, 0.4) is 0 Å². The molecule has 3 aromatic rings. The van der Waals surface area contributed by atoms with Gasteiger partial charge in [-0.1, -0.05) is 5.16 Å². The number of carbonyl (C=O) groups is 1. The number of carbonyl (C=O) groups excluding carboxylic acids is 1. The number of pyridine rings is 1. The van der Waals surface area contributed by atoms with Crippen LogP contribution in [-0.4, -0.2) is 28.7 Å². The Hall–Kier alpha value is -4.07. The monoisotopic (exact) mass is 377 g/mol. The molecule has 1 heterocycles. The molecule has 0 radical (unpaired) electrons. The maximum absolute atomic E-state index is 12.3. The van der Waals surface area contributed by atoms with Crippen LogP contribution in [0.1, 0.15) is 21.5 Å². The van der Waals surface area contributed by atoms with Gasteiger partial charge in [-0.25, -0.2) is 4.79 Å². The smallest absolute Gasteiger partial charge is 0.365 e. The van der Waals surface area contributed by atoms with Crippen molar-refractivity contribution < 1.29 is 19.3 Å². The van der Waals surface area contributed by atoms with Crippen LogP contribution in [0.5, 0.6) is 5.75 Å². The lowest BCUT2D eigenvalue weighted by Gasteiger charge is -2.07. The molecule has 8 heteroatoms. The molecule has 0 aliphatic carbocycles. The van der Waals surface area contributed by atoms with Gasteiger partial charge in [-0.3, -0.25) is 15.1 Å². The minimum absolute atomic E-state index is 0.0481. The Bertz CT molecular complexity index is 1000. The Morgan fingerprint density at radius 3 is 2.07 bits per heavy atom. The molecular weight excluding hydrogens is 362 g/mol. The molecular formula is C20H15N3O5. The third kappa shape index (κ3) is 4.36. The molecule has 0 fully saturated rings. The van der Waals surface area contributed by atoms with Crippen LogP contribution >= 0.6 is 0 Å². The Morgan fingerprint density at radius 2 is 1.50 bits per heavy atom. The van der Waals surface area contributed by atoms with Crippen LogP contribution in [0.4, 0.5) is 5.69 Å². The molecule has 2 aromatic carbocycles. The lowest BCUT2D eigenvalue weighted by Crippen LogP contribution is -2.08. The molecule has 0 atom stereocenters. The summed E-state index contributed by atoms with van der Waals surface area (Å²) in [5.41, 5.74) is 1.81. The van der Waals surface area contributed by atoms with Gasteiger partial charge in [-0.15, -0.1) is 0 Å². The number of non-ortho nitro benzene ring substituents is 1. The van der Waals surface area contributed by atoms with Crippen molar-refractivity contribution >= 4 is 17.4 Å². The minimum atomic E-state index is -0.642. The summed E-state index contributed by atoms with van der Waals surface area (Å²) in [6.45, 7) is 0. The van der Waals surface area contributed by atoms with Gasteiger partial charge in [0, 0.05) is 35.7 Å². The number of nitro groups is 1. The first kappa shape index (κ1) is 18.7. The summed E-state index contributed by atoms with van der Waals surface area (Å²) in [5, 5.41) is 14.9. The van der Waals surface area contributed by atoms with Gasteiger partial charge in [0.2, 0.25) is 0 Å². The molecule has 0 N–H and O–H groups in total. The fourth-order valence-corrected chi connectivity index (χ4v) is 2.39. The standard InChI is InChI=1S/C20H15N3O5/c1-27-18-8-4-16(5-9-18)20(24)28-22-19(15-10-12-21-13-11-15)14-2-6-17(7-3-14)23(25)26/h2-13H,1H3/b22-19-. The zero-order valence-corrected chi connectivity index (χ0v) is 14.8. The van der Waals surface area contributed by atoms with Crippen LogP contribution in [-0.2, 0) is 4.84 Å². The van der Waals surface area contributed by atoms with E-state index in [0.717, 1.165) is 0 Å². The average molecular weight is 377 g/mol. The second-order valence-electron chi connectivity index (χ2n) is 5.59. The third-order valence-electron chi connectivity index (χ3n) is 3.85. The first-order chi connectivity index (χ1) is 13.6. The number of aromatic nitrogens is 1. The van der Waals surface area contributed by atoms with Crippen LogP contribution in [0.15, 0.2) is 78.2 Å². The Labute approximate surface area is 160 Å². The van der Waals surface area contributed by atoms with E-state index in [0.29, 0.717) is 28.2 Å². The van der Waals surface area contributed by atoms with E-state index in [1.165, 1.54) is 19.2 Å². The molecule has 1 aromatic heterocycles. The number of benzene rings is 2. The van der Waals surface area contributed by atoms with Crippen molar-refractivity contribution in [3.8, 4) is 5.75 Å². The molecule has 8 nitrogen and oxygen atoms in total. The van der Waals surface area contributed by atoms with Crippen LogP contribution in [0.25, 0.3) is 0 Å². The highest BCUT2D eigenvalue weighted by molar-refractivity contribution is 6.12. The predicted molar refractivity (Wildman–Crippen MR) is 101 cm³/mol. The lowest BCUT2D eigenvalue weighted by atomic mass is 10.0. The van der Waals surface area contributed by atoms with Crippen molar-refractivity contribution in [1.82, 2.24) is 4.98 Å².